The van der Waals surface area contributed by atoms with Gasteiger partial charge in [-0.15, -0.1) is 0 Å². The molecular formula is C13H16ClN3. The van der Waals surface area contributed by atoms with Gasteiger partial charge in [0.15, 0.2) is 0 Å². The summed E-state index contributed by atoms with van der Waals surface area (Å²) in [6.07, 6.45) is 3.66. The van der Waals surface area contributed by atoms with Gasteiger partial charge in [0.05, 0.1) is 10.6 Å². The molecule has 1 aromatic carbocycles. The first-order valence-electron chi connectivity index (χ1n) is 5.96. The van der Waals surface area contributed by atoms with Crippen molar-refractivity contribution < 1.29 is 0 Å². The first-order valence-corrected chi connectivity index (χ1v) is 6.34. The molecule has 2 rings (SSSR count). The van der Waals surface area contributed by atoms with Gasteiger partial charge in [-0.25, -0.2) is 0 Å². The number of halogens is 1. The lowest BCUT2D eigenvalue weighted by Crippen LogP contribution is -2.30. The van der Waals surface area contributed by atoms with Crippen LogP contribution in [0.15, 0.2) is 18.2 Å². The summed E-state index contributed by atoms with van der Waals surface area (Å²) in [5.41, 5.74) is 1.51. The zero-order chi connectivity index (χ0) is 12.1. The van der Waals surface area contributed by atoms with Crippen LogP contribution >= 0.6 is 11.6 Å². The lowest BCUT2D eigenvalue weighted by atomic mass is 10.1. The molecule has 1 fully saturated rings. The Labute approximate surface area is 107 Å². The fourth-order valence-corrected chi connectivity index (χ4v) is 2.30. The number of nitriles is 1. The van der Waals surface area contributed by atoms with Crippen molar-refractivity contribution >= 4 is 17.3 Å². The van der Waals surface area contributed by atoms with E-state index < -0.39 is 0 Å². The van der Waals surface area contributed by atoms with Gasteiger partial charge in [0.1, 0.15) is 6.07 Å². The molecule has 1 heterocycles. The third-order valence-corrected chi connectivity index (χ3v) is 3.32. The second-order valence-corrected chi connectivity index (χ2v) is 4.75. The summed E-state index contributed by atoms with van der Waals surface area (Å²) in [6, 6.07) is 8.01. The molecule has 1 unspecified atom stereocenters. The van der Waals surface area contributed by atoms with Crippen LogP contribution in [-0.2, 0) is 0 Å². The van der Waals surface area contributed by atoms with E-state index in [4.69, 9.17) is 16.9 Å². The van der Waals surface area contributed by atoms with Crippen molar-refractivity contribution in [2.24, 2.45) is 0 Å². The van der Waals surface area contributed by atoms with Gasteiger partial charge < -0.3 is 10.6 Å². The van der Waals surface area contributed by atoms with Gasteiger partial charge in [-0.05, 0) is 37.6 Å². The number of rotatable bonds is 2. The van der Waals surface area contributed by atoms with Crippen LogP contribution in [-0.4, -0.2) is 19.1 Å². The van der Waals surface area contributed by atoms with E-state index in [1.807, 2.05) is 12.1 Å². The highest BCUT2D eigenvalue weighted by molar-refractivity contribution is 6.32. The predicted molar refractivity (Wildman–Crippen MR) is 70.3 cm³/mol. The monoisotopic (exact) mass is 249 g/mol. The van der Waals surface area contributed by atoms with Gasteiger partial charge in [0, 0.05) is 18.3 Å². The molecule has 0 saturated carbocycles. The van der Waals surface area contributed by atoms with Gasteiger partial charge in [-0.2, -0.15) is 5.26 Å². The number of anilines is 1. The van der Waals surface area contributed by atoms with Crippen LogP contribution in [0.4, 0.5) is 5.69 Å². The fraction of sp³-hybridized carbons (Fsp3) is 0.462. The molecule has 3 nitrogen and oxygen atoms in total. The first kappa shape index (κ1) is 12.2. The molecule has 1 atom stereocenters. The second-order valence-electron chi connectivity index (χ2n) is 4.35. The molecule has 1 aromatic rings. The number of hydrogen-bond acceptors (Lipinski definition) is 3. The standard InChI is InChI=1S/C13H16ClN3/c14-13-7-11(5-4-10(13)8-15)17-12-3-1-2-6-16-9-12/h4-5,7,12,16-17H,1-3,6,9H2. The van der Waals surface area contributed by atoms with E-state index in [0.29, 0.717) is 16.6 Å². The summed E-state index contributed by atoms with van der Waals surface area (Å²) < 4.78 is 0. The third-order valence-electron chi connectivity index (χ3n) is 3.01. The van der Waals surface area contributed by atoms with Crippen molar-refractivity contribution in [3.8, 4) is 6.07 Å². The Kier molecular flexibility index (Phi) is 4.24. The van der Waals surface area contributed by atoms with Gasteiger partial charge in [0.2, 0.25) is 0 Å². The SMILES string of the molecule is N#Cc1ccc(NC2CCCCNC2)cc1Cl. The molecule has 1 saturated heterocycles. The molecule has 17 heavy (non-hydrogen) atoms. The molecule has 0 aromatic heterocycles. The van der Waals surface area contributed by atoms with E-state index in [9.17, 15) is 0 Å². The molecule has 0 bridgehead atoms. The van der Waals surface area contributed by atoms with Crippen molar-refractivity contribution in [1.29, 1.82) is 5.26 Å². The summed E-state index contributed by atoms with van der Waals surface area (Å²) in [7, 11) is 0. The quantitative estimate of drug-likeness (QED) is 0.847. The number of nitrogens with zero attached hydrogens (tertiary/aromatic N) is 1. The maximum atomic E-state index is 8.80. The Balaban J connectivity index is 2.03. The highest BCUT2D eigenvalue weighted by Gasteiger charge is 2.11. The Morgan fingerprint density at radius 3 is 3.06 bits per heavy atom. The zero-order valence-electron chi connectivity index (χ0n) is 9.67. The maximum Gasteiger partial charge on any atom is 0.101 e. The van der Waals surface area contributed by atoms with E-state index in [2.05, 4.69) is 16.7 Å². The Morgan fingerprint density at radius 1 is 1.41 bits per heavy atom. The molecule has 1 aliphatic rings. The minimum absolute atomic E-state index is 0.446. The highest BCUT2D eigenvalue weighted by Crippen LogP contribution is 2.21. The van der Waals surface area contributed by atoms with Crippen LogP contribution in [0.25, 0.3) is 0 Å². The number of nitrogens with one attached hydrogen (secondary N) is 2. The van der Waals surface area contributed by atoms with Crippen LogP contribution in [0.1, 0.15) is 24.8 Å². The molecular weight excluding hydrogens is 234 g/mol. The third kappa shape index (κ3) is 3.36. The first-order chi connectivity index (χ1) is 8.29. The molecule has 0 aliphatic carbocycles. The van der Waals surface area contributed by atoms with Gasteiger partial charge >= 0.3 is 0 Å². The smallest absolute Gasteiger partial charge is 0.101 e. The van der Waals surface area contributed by atoms with E-state index in [1.54, 1.807) is 6.07 Å². The zero-order valence-corrected chi connectivity index (χ0v) is 10.4. The normalized spacial score (nSPS) is 20.4. The Morgan fingerprint density at radius 2 is 2.29 bits per heavy atom. The molecule has 4 heteroatoms. The minimum atomic E-state index is 0.446. The van der Waals surface area contributed by atoms with E-state index in [0.717, 1.165) is 18.8 Å². The van der Waals surface area contributed by atoms with Crippen molar-refractivity contribution in [3.63, 3.8) is 0 Å². The summed E-state index contributed by atoms with van der Waals surface area (Å²) in [6.45, 7) is 2.09. The largest absolute Gasteiger partial charge is 0.381 e. The second kappa shape index (κ2) is 5.90. The Hall–Kier alpha value is -1.24. The molecule has 90 valence electrons. The van der Waals surface area contributed by atoms with E-state index in [-0.39, 0.29) is 0 Å². The molecule has 0 amide bonds. The summed E-state index contributed by atoms with van der Waals surface area (Å²) in [5, 5.41) is 16.2. The lowest BCUT2D eigenvalue weighted by molar-refractivity contribution is 0.636. The van der Waals surface area contributed by atoms with E-state index in [1.165, 1.54) is 19.3 Å². The topological polar surface area (TPSA) is 47.9 Å². The van der Waals surface area contributed by atoms with Crippen LogP contribution in [0, 0.1) is 11.3 Å². The summed E-state index contributed by atoms with van der Waals surface area (Å²) in [4.78, 5) is 0. The molecule has 2 N–H and O–H groups in total. The van der Waals surface area contributed by atoms with Crippen molar-refractivity contribution in [2.75, 3.05) is 18.4 Å². The lowest BCUT2D eigenvalue weighted by Gasteiger charge is -2.18. The van der Waals surface area contributed by atoms with Gasteiger partial charge in [-0.1, -0.05) is 18.0 Å². The van der Waals surface area contributed by atoms with Crippen LogP contribution in [0.5, 0.6) is 0 Å². The Bertz CT molecular complexity index is 417. The summed E-state index contributed by atoms with van der Waals surface area (Å²) >= 11 is 6.00. The number of benzene rings is 1. The van der Waals surface area contributed by atoms with Crippen LogP contribution in [0.2, 0.25) is 5.02 Å². The molecule has 0 radical (unpaired) electrons. The van der Waals surface area contributed by atoms with Crippen LogP contribution < -0.4 is 10.6 Å². The van der Waals surface area contributed by atoms with Crippen molar-refractivity contribution in [3.05, 3.63) is 28.8 Å². The average molecular weight is 250 g/mol. The van der Waals surface area contributed by atoms with E-state index >= 15 is 0 Å². The molecule has 0 spiro atoms. The summed E-state index contributed by atoms with van der Waals surface area (Å²) in [5.74, 6) is 0. The fourth-order valence-electron chi connectivity index (χ4n) is 2.07. The predicted octanol–water partition coefficient (Wildman–Crippen LogP) is 2.77. The van der Waals surface area contributed by atoms with Gasteiger partial charge in [-0.3, -0.25) is 0 Å². The number of hydrogen-bond donors (Lipinski definition) is 2. The van der Waals surface area contributed by atoms with Crippen molar-refractivity contribution in [1.82, 2.24) is 5.32 Å². The highest BCUT2D eigenvalue weighted by atomic mass is 35.5. The molecule has 1 aliphatic heterocycles. The van der Waals surface area contributed by atoms with Crippen molar-refractivity contribution in [2.45, 2.75) is 25.3 Å². The van der Waals surface area contributed by atoms with Gasteiger partial charge in [0.25, 0.3) is 0 Å². The maximum absolute atomic E-state index is 8.80. The van der Waals surface area contributed by atoms with Crippen LogP contribution in [0.3, 0.4) is 0 Å². The average Bonchev–Trinajstić information content (AvgIpc) is 2.58. The minimum Gasteiger partial charge on any atom is -0.381 e.